The average molecular weight is 514 g/mol. The van der Waals surface area contributed by atoms with Crippen molar-refractivity contribution < 1.29 is 0 Å². The van der Waals surface area contributed by atoms with E-state index in [9.17, 15) is 4.79 Å². The number of hydrogen-bond acceptors (Lipinski definition) is 6. The number of para-hydroxylation sites is 1. The number of rotatable bonds is 4. The molecule has 0 spiro atoms. The van der Waals surface area contributed by atoms with Gasteiger partial charge in [-0.1, -0.05) is 23.7 Å². The van der Waals surface area contributed by atoms with Crippen LogP contribution in [0, 0.1) is 0 Å². The molecule has 0 aliphatic carbocycles. The SMILES string of the molecule is O=c1c2ccccc2ncn1Cc1cc2nccc(-c3cc(Cl)cc4c3N(C3CNC3)CCC4)c2s1. The lowest BCUT2D eigenvalue weighted by molar-refractivity contribution is 0.406. The summed E-state index contributed by atoms with van der Waals surface area (Å²) in [6.45, 7) is 3.57. The Bertz CT molecular complexity index is 1690. The molecule has 0 bridgehead atoms. The average Bonchev–Trinajstić information content (AvgIpc) is 3.27. The molecule has 5 heterocycles. The van der Waals surface area contributed by atoms with Gasteiger partial charge in [-0.05, 0) is 54.8 Å². The van der Waals surface area contributed by atoms with Gasteiger partial charge in [-0.3, -0.25) is 14.3 Å². The number of anilines is 1. The van der Waals surface area contributed by atoms with Crippen molar-refractivity contribution in [2.45, 2.75) is 25.4 Å². The maximum absolute atomic E-state index is 13.1. The Hall–Kier alpha value is -3.26. The minimum atomic E-state index is -0.0279. The second-order valence-corrected chi connectivity index (χ2v) is 11.1. The predicted octanol–water partition coefficient (Wildman–Crippen LogP) is 5.10. The second kappa shape index (κ2) is 8.69. The topological polar surface area (TPSA) is 63.1 Å². The molecule has 0 unspecified atom stereocenters. The van der Waals surface area contributed by atoms with E-state index in [-0.39, 0.29) is 5.56 Å². The van der Waals surface area contributed by atoms with Gasteiger partial charge in [0, 0.05) is 52.5 Å². The van der Waals surface area contributed by atoms with Gasteiger partial charge in [0.2, 0.25) is 0 Å². The molecular formula is C28H24ClN5OS. The molecule has 5 aromatic rings. The van der Waals surface area contributed by atoms with Crippen LogP contribution in [0.2, 0.25) is 5.02 Å². The largest absolute Gasteiger partial charge is 0.365 e. The van der Waals surface area contributed by atoms with E-state index in [1.807, 2.05) is 30.5 Å². The van der Waals surface area contributed by atoms with Gasteiger partial charge in [-0.15, -0.1) is 11.3 Å². The first kappa shape index (κ1) is 22.0. The fourth-order valence-corrected chi connectivity index (χ4v) is 6.85. The first-order chi connectivity index (χ1) is 17.7. The first-order valence-electron chi connectivity index (χ1n) is 12.3. The fourth-order valence-electron chi connectivity index (χ4n) is 5.47. The molecule has 2 aliphatic heterocycles. The molecule has 1 N–H and O–H groups in total. The van der Waals surface area contributed by atoms with Crippen molar-refractivity contribution in [2.75, 3.05) is 24.5 Å². The Morgan fingerprint density at radius 3 is 2.81 bits per heavy atom. The monoisotopic (exact) mass is 513 g/mol. The molecule has 1 saturated heterocycles. The van der Waals surface area contributed by atoms with Crippen LogP contribution in [0.15, 0.2) is 65.8 Å². The first-order valence-corrected chi connectivity index (χ1v) is 13.5. The Morgan fingerprint density at radius 1 is 1.06 bits per heavy atom. The highest BCUT2D eigenvalue weighted by Gasteiger charge is 2.31. The lowest BCUT2D eigenvalue weighted by atomic mass is 9.92. The van der Waals surface area contributed by atoms with Gasteiger partial charge in [0.15, 0.2) is 0 Å². The van der Waals surface area contributed by atoms with Crippen LogP contribution in [-0.2, 0) is 13.0 Å². The summed E-state index contributed by atoms with van der Waals surface area (Å²) in [5, 5.41) is 4.83. The van der Waals surface area contributed by atoms with Crippen LogP contribution in [0.3, 0.4) is 0 Å². The van der Waals surface area contributed by atoms with Crippen LogP contribution in [0.25, 0.3) is 32.2 Å². The molecule has 36 heavy (non-hydrogen) atoms. The van der Waals surface area contributed by atoms with Crippen LogP contribution < -0.4 is 15.8 Å². The summed E-state index contributed by atoms with van der Waals surface area (Å²) < 4.78 is 2.80. The summed E-state index contributed by atoms with van der Waals surface area (Å²) in [7, 11) is 0. The zero-order valence-corrected chi connectivity index (χ0v) is 21.1. The van der Waals surface area contributed by atoms with Gasteiger partial charge >= 0.3 is 0 Å². The van der Waals surface area contributed by atoms with E-state index < -0.39 is 0 Å². The third kappa shape index (κ3) is 3.61. The molecule has 0 atom stereocenters. The van der Waals surface area contributed by atoms with E-state index in [2.05, 4.69) is 44.5 Å². The molecule has 2 aromatic carbocycles. The lowest BCUT2D eigenvalue weighted by Gasteiger charge is -2.44. The van der Waals surface area contributed by atoms with E-state index in [0.29, 0.717) is 18.0 Å². The standard InChI is InChI=1S/C28H24ClN5OS/c29-18-10-17-4-3-9-34(19-13-30-14-19)26(17)23(11-18)21-7-8-31-25-12-20(36-27(21)25)15-33-16-32-24-6-2-1-5-22(24)28(33)35/h1-2,5-8,10-12,16,19,30H,3-4,9,13-15H2. The number of halogens is 1. The van der Waals surface area contributed by atoms with Crippen molar-refractivity contribution in [1.82, 2.24) is 19.9 Å². The molecule has 0 amide bonds. The number of nitrogens with zero attached hydrogens (tertiary/aromatic N) is 4. The lowest BCUT2D eigenvalue weighted by Crippen LogP contribution is -2.58. The zero-order valence-electron chi connectivity index (χ0n) is 19.6. The van der Waals surface area contributed by atoms with E-state index in [1.54, 1.807) is 22.2 Å². The Balaban J connectivity index is 1.34. The Labute approximate surface area is 217 Å². The smallest absolute Gasteiger partial charge is 0.261 e. The molecule has 0 radical (unpaired) electrons. The maximum atomic E-state index is 13.1. The van der Waals surface area contributed by atoms with Gasteiger partial charge in [-0.2, -0.15) is 0 Å². The molecule has 3 aromatic heterocycles. The summed E-state index contributed by atoms with van der Waals surface area (Å²) >= 11 is 8.34. The number of nitrogens with one attached hydrogen (secondary N) is 1. The summed E-state index contributed by atoms with van der Waals surface area (Å²) in [5.41, 5.74) is 6.60. The molecule has 8 heteroatoms. The fraction of sp³-hybridized carbons (Fsp3) is 0.250. The second-order valence-electron chi connectivity index (χ2n) is 9.55. The summed E-state index contributed by atoms with van der Waals surface area (Å²) in [6.07, 6.45) is 5.71. The van der Waals surface area contributed by atoms with E-state index in [4.69, 9.17) is 11.6 Å². The zero-order chi connectivity index (χ0) is 24.2. The summed E-state index contributed by atoms with van der Waals surface area (Å²) in [4.78, 5) is 25.8. The van der Waals surface area contributed by atoms with Gasteiger partial charge in [0.25, 0.3) is 5.56 Å². The molecule has 180 valence electrons. The third-order valence-electron chi connectivity index (χ3n) is 7.30. The number of aryl methyl sites for hydroxylation is 1. The van der Waals surface area contributed by atoms with Gasteiger partial charge in [-0.25, -0.2) is 4.98 Å². The number of thiophene rings is 1. The number of aromatic nitrogens is 3. The number of fused-ring (bicyclic) bond motifs is 3. The third-order valence-corrected chi connectivity index (χ3v) is 8.66. The number of benzene rings is 2. The van der Waals surface area contributed by atoms with Crippen molar-refractivity contribution >= 4 is 49.7 Å². The molecule has 1 fully saturated rings. The summed E-state index contributed by atoms with van der Waals surface area (Å²) in [6, 6.07) is 16.4. The van der Waals surface area contributed by atoms with Crippen molar-refractivity contribution in [3.63, 3.8) is 0 Å². The highest BCUT2D eigenvalue weighted by molar-refractivity contribution is 7.19. The van der Waals surface area contributed by atoms with Gasteiger partial charge in [0.1, 0.15) is 0 Å². The minimum Gasteiger partial charge on any atom is -0.365 e. The molecule has 0 saturated carbocycles. The van der Waals surface area contributed by atoms with Crippen molar-refractivity contribution in [2.24, 2.45) is 0 Å². The van der Waals surface area contributed by atoms with Crippen LogP contribution in [-0.4, -0.2) is 40.2 Å². The van der Waals surface area contributed by atoms with Crippen molar-refractivity contribution in [3.05, 3.63) is 86.9 Å². The molecule has 7 rings (SSSR count). The normalized spacial score (nSPS) is 15.9. The quantitative estimate of drug-likeness (QED) is 0.362. The predicted molar refractivity (Wildman–Crippen MR) is 147 cm³/mol. The highest BCUT2D eigenvalue weighted by Crippen LogP contribution is 2.44. The number of hydrogen-bond donors (Lipinski definition) is 1. The highest BCUT2D eigenvalue weighted by atomic mass is 35.5. The van der Waals surface area contributed by atoms with Crippen LogP contribution in [0.5, 0.6) is 0 Å². The van der Waals surface area contributed by atoms with Gasteiger partial charge in [0.05, 0.1) is 40.0 Å². The van der Waals surface area contributed by atoms with E-state index in [1.165, 1.54) is 16.8 Å². The van der Waals surface area contributed by atoms with Crippen molar-refractivity contribution in [3.8, 4) is 11.1 Å². The molecule has 2 aliphatic rings. The summed E-state index contributed by atoms with van der Waals surface area (Å²) in [5.74, 6) is 0. The molecular weight excluding hydrogens is 490 g/mol. The van der Waals surface area contributed by atoms with E-state index in [0.717, 1.165) is 63.7 Å². The minimum absolute atomic E-state index is 0.0279. The van der Waals surface area contributed by atoms with E-state index >= 15 is 0 Å². The number of pyridine rings is 1. The Morgan fingerprint density at radius 2 is 1.94 bits per heavy atom. The van der Waals surface area contributed by atoms with Crippen LogP contribution in [0.4, 0.5) is 5.69 Å². The maximum Gasteiger partial charge on any atom is 0.261 e. The van der Waals surface area contributed by atoms with Gasteiger partial charge < -0.3 is 10.2 Å². The molecule has 6 nitrogen and oxygen atoms in total. The van der Waals surface area contributed by atoms with Crippen LogP contribution in [0.1, 0.15) is 16.9 Å². The Kier molecular flexibility index (Phi) is 5.31. The van der Waals surface area contributed by atoms with Crippen molar-refractivity contribution in [1.29, 1.82) is 0 Å². The van der Waals surface area contributed by atoms with Crippen LogP contribution >= 0.6 is 22.9 Å².